The van der Waals surface area contributed by atoms with Crippen molar-refractivity contribution in [1.82, 2.24) is 0 Å². The van der Waals surface area contributed by atoms with E-state index >= 15 is 0 Å². The topological polar surface area (TPSA) is 47.6 Å². The number of thioether (sulfide) groups is 2. The van der Waals surface area contributed by atoms with E-state index in [1.54, 1.807) is 26.4 Å². The quantitative estimate of drug-likeness (QED) is 0.706. The minimum absolute atomic E-state index is 0.0686. The number of halogens is 1. The molecule has 7 heteroatoms. The van der Waals surface area contributed by atoms with Crippen molar-refractivity contribution in [1.29, 1.82) is 0 Å². The number of methoxy groups -OCH3 is 2. The highest BCUT2D eigenvalue weighted by atomic mass is 35.5. The second-order valence-electron chi connectivity index (χ2n) is 7.59. The molecule has 3 aliphatic rings. The van der Waals surface area contributed by atoms with Gasteiger partial charge in [0.1, 0.15) is 11.5 Å². The van der Waals surface area contributed by atoms with E-state index in [0.29, 0.717) is 38.1 Å². The van der Waals surface area contributed by atoms with Gasteiger partial charge in [0.05, 0.1) is 29.0 Å². The van der Waals surface area contributed by atoms with E-state index in [9.17, 15) is 4.79 Å². The largest absolute Gasteiger partial charge is 0.495 e. The normalized spacial score (nSPS) is 28.8. The lowest BCUT2D eigenvalue weighted by atomic mass is 9.67. The molecular formula is C20H26ClNO3S2. The van der Waals surface area contributed by atoms with Crippen LogP contribution in [0.5, 0.6) is 11.5 Å². The number of carbonyl (C=O) groups is 1. The van der Waals surface area contributed by atoms with Crippen LogP contribution in [0.15, 0.2) is 12.1 Å². The van der Waals surface area contributed by atoms with Crippen molar-refractivity contribution in [3.8, 4) is 11.5 Å². The van der Waals surface area contributed by atoms with Gasteiger partial charge in [0.2, 0.25) is 5.91 Å². The Labute approximate surface area is 174 Å². The van der Waals surface area contributed by atoms with Crippen molar-refractivity contribution in [2.75, 3.05) is 31.0 Å². The van der Waals surface area contributed by atoms with Gasteiger partial charge in [0, 0.05) is 29.6 Å². The maximum atomic E-state index is 13.1. The molecule has 1 saturated heterocycles. The molecular weight excluding hydrogens is 402 g/mol. The molecule has 1 amide bonds. The van der Waals surface area contributed by atoms with Crippen LogP contribution in [0.25, 0.3) is 0 Å². The molecule has 4 nitrogen and oxygen atoms in total. The molecule has 2 bridgehead atoms. The number of carbonyl (C=O) groups excluding carboxylic acids is 1. The fraction of sp³-hybridized carbons (Fsp3) is 0.650. The molecule has 2 atom stereocenters. The molecule has 2 unspecified atom stereocenters. The average molecular weight is 428 g/mol. The van der Waals surface area contributed by atoms with Gasteiger partial charge in [0.25, 0.3) is 0 Å². The molecule has 2 saturated carbocycles. The first-order valence-electron chi connectivity index (χ1n) is 9.57. The molecule has 1 heterocycles. The number of nitrogens with one attached hydrogen (secondary N) is 1. The Hall–Kier alpha value is -0.720. The maximum Gasteiger partial charge on any atom is 0.227 e. The summed E-state index contributed by atoms with van der Waals surface area (Å²) in [6.07, 6.45) is 5.83. The average Bonchev–Trinajstić information content (AvgIpc) is 3.12. The van der Waals surface area contributed by atoms with Crippen LogP contribution < -0.4 is 14.8 Å². The highest BCUT2D eigenvalue weighted by Gasteiger charge is 2.55. The third kappa shape index (κ3) is 3.53. The van der Waals surface area contributed by atoms with Gasteiger partial charge in [-0.25, -0.2) is 0 Å². The van der Waals surface area contributed by atoms with Crippen LogP contribution in [0.1, 0.15) is 32.1 Å². The van der Waals surface area contributed by atoms with Crippen LogP contribution >= 0.6 is 35.1 Å². The van der Waals surface area contributed by atoms with Crippen molar-refractivity contribution in [3.05, 3.63) is 17.2 Å². The summed E-state index contributed by atoms with van der Waals surface area (Å²) in [5, 5.41) is 3.55. The van der Waals surface area contributed by atoms with Crippen molar-refractivity contribution in [2.24, 2.45) is 17.8 Å². The molecule has 4 rings (SSSR count). The van der Waals surface area contributed by atoms with Gasteiger partial charge < -0.3 is 14.8 Å². The molecule has 148 valence electrons. The zero-order chi connectivity index (χ0) is 19.0. The number of hydrogen-bond donors (Lipinski definition) is 1. The number of anilines is 1. The minimum Gasteiger partial charge on any atom is -0.495 e. The first-order valence-corrected chi connectivity index (χ1v) is 11.9. The van der Waals surface area contributed by atoms with Crippen LogP contribution in [-0.2, 0) is 4.79 Å². The Kier molecular flexibility index (Phi) is 5.77. The van der Waals surface area contributed by atoms with Gasteiger partial charge in [-0.15, -0.1) is 23.5 Å². The number of hydrogen-bond acceptors (Lipinski definition) is 5. The third-order valence-electron chi connectivity index (χ3n) is 6.22. The molecule has 3 fully saturated rings. The molecule has 0 radical (unpaired) electrons. The van der Waals surface area contributed by atoms with E-state index in [2.05, 4.69) is 28.8 Å². The van der Waals surface area contributed by atoms with Crippen LogP contribution in [0.3, 0.4) is 0 Å². The summed E-state index contributed by atoms with van der Waals surface area (Å²) in [7, 11) is 3.15. The Morgan fingerprint density at radius 3 is 2.33 bits per heavy atom. The number of ether oxygens (including phenoxy) is 2. The van der Waals surface area contributed by atoms with Crippen molar-refractivity contribution < 1.29 is 14.3 Å². The lowest BCUT2D eigenvalue weighted by molar-refractivity contribution is -0.122. The summed E-state index contributed by atoms with van der Waals surface area (Å²) < 4.78 is 11.1. The van der Waals surface area contributed by atoms with Crippen LogP contribution in [-0.4, -0.2) is 35.7 Å². The van der Waals surface area contributed by atoms with E-state index < -0.39 is 0 Å². The van der Waals surface area contributed by atoms with Gasteiger partial charge in [-0.3, -0.25) is 4.79 Å². The van der Waals surface area contributed by atoms with E-state index in [1.807, 2.05) is 0 Å². The number of rotatable bonds is 4. The fourth-order valence-corrected chi connectivity index (χ4v) is 9.18. The SMILES string of the molecule is COc1cc(NC(=O)C2CC3CCCC(C2)C32SCCS2)c(OC)cc1Cl. The van der Waals surface area contributed by atoms with Gasteiger partial charge in [-0.1, -0.05) is 18.0 Å². The Morgan fingerprint density at radius 2 is 1.74 bits per heavy atom. The van der Waals surface area contributed by atoms with Crippen LogP contribution in [0.2, 0.25) is 5.02 Å². The molecule has 1 aromatic rings. The molecule has 27 heavy (non-hydrogen) atoms. The number of amides is 1. The monoisotopic (exact) mass is 427 g/mol. The molecule has 1 aromatic carbocycles. The molecule has 1 N–H and O–H groups in total. The zero-order valence-electron chi connectivity index (χ0n) is 15.8. The van der Waals surface area contributed by atoms with E-state index in [-0.39, 0.29) is 11.8 Å². The summed E-state index contributed by atoms with van der Waals surface area (Å²) in [6, 6.07) is 3.43. The molecule has 2 aliphatic carbocycles. The lowest BCUT2D eigenvalue weighted by Crippen LogP contribution is -2.48. The van der Waals surface area contributed by atoms with Crippen molar-refractivity contribution in [3.63, 3.8) is 0 Å². The smallest absolute Gasteiger partial charge is 0.227 e. The second kappa shape index (κ2) is 7.96. The van der Waals surface area contributed by atoms with Crippen LogP contribution in [0, 0.1) is 17.8 Å². The molecule has 1 aliphatic heterocycles. The van der Waals surface area contributed by atoms with Gasteiger partial charge in [-0.2, -0.15) is 0 Å². The Morgan fingerprint density at radius 1 is 1.11 bits per heavy atom. The molecule has 0 aromatic heterocycles. The van der Waals surface area contributed by atoms with Gasteiger partial charge in [-0.05, 0) is 37.5 Å². The van der Waals surface area contributed by atoms with E-state index in [4.69, 9.17) is 21.1 Å². The fourth-order valence-electron chi connectivity index (χ4n) is 5.02. The predicted octanol–water partition coefficient (Wildman–Crippen LogP) is 5.30. The summed E-state index contributed by atoms with van der Waals surface area (Å²) in [4.78, 5) is 13.1. The Bertz CT molecular complexity index is 707. The highest BCUT2D eigenvalue weighted by molar-refractivity contribution is 8.21. The maximum absolute atomic E-state index is 13.1. The van der Waals surface area contributed by atoms with Gasteiger partial charge in [0.15, 0.2) is 0 Å². The zero-order valence-corrected chi connectivity index (χ0v) is 18.1. The summed E-state index contributed by atoms with van der Waals surface area (Å²) >= 11 is 10.5. The lowest BCUT2D eigenvalue weighted by Gasteiger charge is -2.52. The summed E-state index contributed by atoms with van der Waals surface area (Å²) in [6.45, 7) is 0. The first-order chi connectivity index (χ1) is 13.1. The summed E-state index contributed by atoms with van der Waals surface area (Å²) in [5.41, 5.74) is 0.624. The minimum atomic E-state index is 0.0686. The van der Waals surface area contributed by atoms with Gasteiger partial charge >= 0.3 is 0 Å². The number of benzene rings is 1. The second-order valence-corrected chi connectivity index (χ2v) is 11.0. The first kappa shape index (κ1) is 19.6. The van der Waals surface area contributed by atoms with E-state index in [1.165, 1.54) is 30.8 Å². The van der Waals surface area contributed by atoms with Crippen LogP contribution in [0.4, 0.5) is 5.69 Å². The predicted molar refractivity (Wildman–Crippen MR) is 114 cm³/mol. The standard InChI is InChI=1S/C20H26ClNO3S2/c1-24-17-11-16(18(25-2)10-15(17)21)22-19(23)12-8-13-4-3-5-14(9-12)20(13)26-6-7-27-20/h10-14H,3-9H2,1-2H3,(H,22,23). The van der Waals surface area contributed by atoms with Crippen molar-refractivity contribution >= 4 is 46.7 Å². The highest BCUT2D eigenvalue weighted by Crippen LogP contribution is 2.64. The molecule has 1 spiro atoms. The van der Waals surface area contributed by atoms with E-state index in [0.717, 1.165) is 12.8 Å². The third-order valence-corrected chi connectivity index (χ3v) is 10.5. The van der Waals surface area contributed by atoms with Crippen molar-refractivity contribution in [2.45, 2.75) is 36.2 Å². The summed E-state index contributed by atoms with van der Waals surface area (Å²) in [5.74, 6) is 5.08. The Balaban J connectivity index is 1.51.